The van der Waals surface area contributed by atoms with Gasteiger partial charge in [0, 0.05) is 11.8 Å². The monoisotopic (exact) mass is 304 g/mol. The Morgan fingerprint density at radius 2 is 1.95 bits per heavy atom. The summed E-state index contributed by atoms with van der Waals surface area (Å²) in [6.45, 7) is 0.332. The van der Waals surface area contributed by atoms with Gasteiger partial charge in [-0.3, -0.25) is 4.79 Å². The van der Waals surface area contributed by atoms with Crippen LogP contribution in [-0.4, -0.2) is 19.2 Å². The van der Waals surface area contributed by atoms with Gasteiger partial charge in [0.2, 0.25) is 12.7 Å². The highest BCUT2D eigenvalue weighted by molar-refractivity contribution is 6.33. The quantitative estimate of drug-likeness (QED) is 0.911. The Bertz CT molecular complexity index is 676. The minimum Gasteiger partial charge on any atom is -0.454 e. The largest absolute Gasteiger partial charge is 0.454 e. The minimum atomic E-state index is -0.172. The van der Waals surface area contributed by atoms with Crippen LogP contribution in [0, 0.1) is 0 Å². The van der Waals surface area contributed by atoms with E-state index in [2.05, 4.69) is 10.6 Å². The number of rotatable bonds is 4. The lowest BCUT2D eigenvalue weighted by molar-refractivity contribution is -0.114. The van der Waals surface area contributed by atoms with Gasteiger partial charge in [-0.15, -0.1) is 0 Å². The fraction of sp³-hybridized carbons (Fsp3) is 0.133. The number of hydrogen-bond acceptors (Lipinski definition) is 4. The fourth-order valence-electron chi connectivity index (χ4n) is 1.96. The van der Waals surface area contributed by atoms with Gasteiger partial charge in [0.25, 0.3) is 0 Å². The number of amides is 1. The van der Waals surface area contributed by atoms with Crippen molar-refractivity contribution >= 4 is 28.9 Å². The molecule has 1 heterocycles. The van der Waals surface area contributed by atoms with Gasteiger partial charge in [0.1, 0.15) is 0 Å². The molecule has 2 aromatic carbocycles. The van der Waals surface area contributed by atoms with Crippen LogP contribution in [0.15, 0.2) is 42.5 Å². The third-order valence-corrected chi connectivity index (χ3v) is 3.30. The van der Waals surface area contributed by atoms with Gasteiger partial charge in [0.15, 0.2) is 11.5 Å². The molecule has 108 valence electrons. The Morgan fingerprint density at radius 1 is 1.14 bits per heavy atom. The SMILES string of the molecule is O=C(CNc1ccccc1Cl)Nc1ccc2c(c1)OCO2. The molecule has 6 heteroatoms. The first kappa shape index (κ1) is 13.6. The summed E-state index contributed by atoms with van der Waals surface area (Å²) in [5.41, 5.74) is 1.38. The van der Waals surface area contributed by atoms with Gasteiger partial charge in [-0.2, -0.15) is 0 Å². The highest BCUT2D eigenvalue weighted by Gasteiger charge is 2.14. The van der Waals surface area contributed by atoms with Gasteiger partial charge in [-0.1, -0.05) is 23.7 Å². The van der Waals surface area contributed by atoms with Crippen molar-refractivity contribution < 1.29 is 14.3 Å². The van der Waals surface area contributed by atoms with Crippen LogP contribution in [0.2, 0.25) is 5.02 Å². The summed E-state index contributed by atoms with van der Waals surface area (Å²) in [6.07, 6.45) is 0. The average molecular weight is 305 g/mol. The molecule has 1 amide bonds. The maximum Gasteiger partial charge on any atom is 0.243 e. The molecule has 21 heavy (non-hydrogen) atoms. The van der Waals surface area contributed by atoms with Gasteiger partial charge >= 0.3 is 0 Å². The van der Waals surface area contributed by atoms with Gasteiger partial charge in [-0.25, -0.2) is 0 Å². The normalized spacial score (nSPS) is 12.0. The number of nitrogens with one attached hydrogen (secondary N) is 2. The number of hydrogen-bond donors (Lipinski definition) is 2. The highest BCUT2D eigenvalue weighted by Crippen LogP contribution is 2.34. The van der Waals surface area contributed by atoms with Crippen LogP contribution in [0.3, 0.4) is 0 Å². The molecular weight excluding hydrogens is 292 g/mol. The van der Waals surface area contributed by atoms with E-state index in [9.17, 15) is 4.79 Å². The summed E-state index contributed by atoms with van der Waals surface area (Å²) >= 11 is 6.01. The second kappa shape index (κ2) is 5.93. The molecule has 0 atom stereocenters. The zero-order valence-corrected chi connectivity index (χ0v) is 11.8. The molecule has 1 aliphatic heterocycles. The zero-order valence-electron chi connectivity index (χ0n) is 11.1. The number of anilines is 2. The van der Waals surface area contributed by atoms with Gasteiger partial charge in [0.05, 0.1) is 17.3 Å². The standard InChI is InChI=1S/C15H13ClN2O3/c16-11-3-1-2-4-12(11)17-8-15(19)18-10-5-6-13-14(7-10)21-9-20-13/h1-7,17H,8-9H2,(H,18,19). The van der Waals surface area contributed by atoms with Gasteiger partial charge in [-0.05, 0) is 24.3 Å². The molecule has 0 fully saturated rings. The van der Waals surface area contributed by atoms with Crippen molar-refractivity contribution in [3.8, 4) is 11.5 Å². The van der Waals surface area contributed by atoms with E-state index in [1.54, 1.807) is 24.3 Å². The number of benzene rings is 2. The lowest BCUT2D eigenvalue weighted by Crippen LogP contribution is -2.21. The van der Waals surface area contributed by atoms with Crippen LogP contribution >= 0.6 is 11.6 Å². The van der Waals surface area contributed by atoms with Crippen molar-refractivity contribution in [3.05, 3.63) is 47.5 Å². The minimum absolute atomic E-state index is 0.123. The number of para-hydroxylation sites is 1. The third-order valence-electron chi connectivity index (χ3n) is 2.97. The van der Waals surface area contributed by atoms with E-state index in [1.165, 1.54) is 0 Å². The Labute approximate surface area is 126 Å². The van der Waals surface area contributed by atoms with E-state index >= 15 is 0 Å². The maximum absolute atomic E-state index is 11.9. The molecule has 0 aromatic heterocycles. The highest BCUT2D eigenvalue weighted by atomic mass is 35.5. The molecule has 2 aromatic rings. The predicted molar refractivity (Wildman–Crippen MR) is 81.1 cm³/mol. The van der Waals surface area contributed by atoms with E-state index in [0.717, 1.165) is 5.69 Å². The lowest BCUT2D eigenvalue weighted by atomic mass is 10.2. The molecule has 0 unspecified atom stereocenters. The topological polar surface area (TPSA) is 59.6 Å². The van der Waals surface area contributed by atoms with Crippen molar-refractivity contribution in [1.29, 1.82) is 0 Å². The first-order chi connectivity index (χ1) is 10.2. The van der Waals surface area contributed by atoms with Crippen molar-refractivity contribution in [1.82, 2.24) is 0 Å². The average Bonchev–Trinajstić information content (AvgIpc) is 2.94. The lowest BCUT2D eigenvalue weighted by Gasteiger charge is -2.09. The van der Waals surface area contributed by atoms with Crippen LogP contribution in [-0.2, 0) is 4.79 Å². The zero-order chi connectivity index (χ0) is 14.7. The Kier molecular flexibility index (Phi) is 3.83. The molecule has 0 bridgehead atoms. The maximum atomic E-state index is 11.9. The number of fused-ring (bicyclic) bond motifs is 1. The molecule has 1 aliphatic rings. The molecule has 2 N–H and O–H groups in total. The van der Waals surface area contributed by atoms with E-state index in [4.69, 9.17) is 21.1 Å². The first-order valence-corrected chi connectivity index (χ1v) is 6.78. The summed E-state index contributed by atoms with van der Waals surface area (Å²) in [7, 11) is 0. The third kappa shape index (κ3) is 3.20. The Hall–Kier alpha value is -2.40. The molecule has 0 saturated carbocycles. The Balaban J connectivity index is 1.58. The number of carbonyl (C=O) groups is 1. The number of carbonyl (C=O) groups excluding carboxylic acids is 1. The van der Waals surface area contributed by atoms with E-state index in [1.807, 2.05) is 18.2 Å². The predicted octanol–water partition coefficient (Wildman–Crippen LogP) is 3.12. The Morgan fingerprint density at radius 3 is 2.81 bits per heavy atom. The summed E-state index contributed by atoms with van der Waals surface area (Å²) in [5, 5.41) is 6.34. The fourth-order valence-corrected chi connectivity index (χ4v) is 2.16. The summed E-state index contributed by atoms with van der Waals surface area (Å²) in [4.78, 5) is 11.9. The summed E-state index contributed by atoms with van der Waals surface area (Å²) < 4.78 is 10.5. The van der Waals surface area contributed by atoms with Crippen molar-refractivity contribution in [2.75, 3.05) is 24.0 Å². The molecule has 0 radical (unpaired) electrons. The van der Waals surface area contributed by atoms with Gasteiger partial charge < -0.3 is 20.1 Å². The first-order valence-electron chi connectivity index (χ1n) is 6.40. The van der Waals surface area contributed by atoms with E-state index in [0.29, 0.717) is 22.2 Å². The summed E-state index contributed by atoms with van der Waals surface area (Å²) in [6, 6.07) is 12.5. The smallest absolute Gasteiger partial charge is 0.243 e. The molecular formula is C15H13ClN2O3. The van der Waals surface area contributed by atoms with Crippen LogP contribution in [0.4, 0.5) is 11.4 Å². The van der Waals surface area contributed by atoms with Crippen LogP contribution in [0.25, 0.3) is 0 Å². The van der Waals surface area contributed by atoms with Crippen molar-refractivity contribution in [2.24, 2.45) is 0 Å². The van der Waals surface area contributed by atoms with Crippen LogP contribution < -0.4 is 20.1 Å². The summed E-state index contributed by atoms with van der Waals surface area (Å²) in [5.74, 6) is 1.14. The van der Waals surface area contributed by atoms with Crippen molar-refractivity contribution in [2.45, 2.75) is 0 Å². The van der Waals surface area contributed by atoms with E-state index in [-0.39, 0.29) is 19.2 Å². The second-order valence-corrected chi connectivity index (χ2v) is 4.86. The van der Waals surface area contributed by atoms with Crippen molar-refractivity contribution in [3.63, 3.8) is 0 Å². The number of halogens is 1. The van der Waals surface area contributed by atoms with Crippen LogP contribution in [0.5, 0.6) is 11.5 Å². The van der Waals surface area contributed by atoms with E-state index < -0.39 is 0 Å². The second-order valence-electron chi connectivity index (χ2n) is 4.45. The molecule has 0 saturated heterocycles. The van der Waals surface area contributed by atoms with Crippen LogP contribution in [0.1, 0.15) is 0 Å². The molecule has 3 rings (SSSR count). The molecule has 5 nitrogen and oxygen atoms in total. The molecule has 0 aliphatic carbocycles. The molecule has 0 spiro atoms. The number of ether oxygens (including phenoxy) is 2.